The number of hydrogen-bond acceptors (Lipinski definition) is 5. The molecule has 26 heavy (non-hydrogen) atoms. The van der Waals surface area contributed by atoms with E-state index < -0.39 is 0 Å². The number of benzene rings is 1. The SMILES string of the molecule is CC(C)c1ccc(NC(=O)NC2CCN(c3ccc(C#N)nn3)C2)cc1. The molecule has 0 spiro atoms. The van der Waals surface area contributed by atoms with Crippen molar-refractivity contribution in [2.75, 3.05) is 23.3 Å². The Balaban J connectivity index is 1.51. The van der Waals surface area contributed by atoms with Gasteiger partial charge < -0.3 is 15.5 Å². The number of anilines is 2. The summed E-state index contributed by atoms with van der Waals surface area (Å²) in [5, 5.41) is 22.6. The van der Waals surface area contributed by atoms with E-state index in [1.165, 1.54) is 5.56 Å². The van der Waals surface area contributed by atoms with Crippen LogP contribution < -0.4 is 15.5 Å². The average molecular weight is 350 g/mol. The minimum absolute atomic E-state index is 0.0439. The summed E-state index contributed by atoms with van der Waals surface area (Å²) in [6.07, 6.45) is 0.835. The molecule has 7 heteroatoms. The van der Waals surface area contributed by atoms with Gasteiger partial charge >= 0.3 is 6.03 Å². The highest BCUT2D eigenvalue weighted by molar-refractivity contribution is 5.89. The summed E-state index contributed by atoms with van der Waals surface area (Å²) in [5.41, 5.74) is 2.32. The zero-order chi connectivity index (χ0) is 18.5. The molecule has 1 aromatic heterocycles. The molecule has 3 rings (SSSR count). The first kappa shape index (κ1) is 17.7. The monoisotopic (exact) mass is 350 g/mol. The number of hydrogen-bond donors (Lipinski definition) is 2. The number of nitriles is 1. The topological polar surface area (TPSA) is 93.9 Å². The lowest BCUT2D eigenvalue weighted by molar-refractivity contribution is 0.249. The summed E-state index contributed by atoms with van der Waals surface area (Å²) in [7, 11) is 0. The Labute approximate surface area is 153 Å². The first-order chi connectivity index (χ1) is 12.5. The van der Waals surface area contributed by atoms with Gasteiger partial charge in [0.2, 0.25) is 0 Å². The summed E-state index contributed by atoms with van der Waals surface area (Å²) in [5.74, 6) is 1.19. The summed E-state index contributed by atoms with van der Waals surface area (Å²) >= 11 is 0. The molecule has 2 heterocycles. The summed E-state index contributed by atoms with van der Waals surface area (Å²) in [6, 6.07) is 13.1. The number of carbonyl (C=O) groups is 1. The molecule has 1 fully saturated rings. The second-order valence-corrected chi connectivity index (χ2v) is 6.70. The Hall–Kier alpha value is -3.14. The van der Waals surface area contributed by atoms with E-state index in [4.69, 9.17) is 5.26 Å². The number of nitrogens with zero attached hydrogens (tertiary/aromatic N) is 4. The number of rotatable bonds is 4. The van der Waals surface area contributed by atoms with Crippen LogP contribution in [0.4, 0.5) is 16.3 Å². The molecule has 2 aromatic rings. The lowest BCUT2D eigenvalue weighted by Gasteiger charge is -2.17. The van der Waals surface area contributed by atoms with Gasteiger partial charge in [-0.1, -0.05) is 26.0 Å². The third-order valence-electron chi connectivity index (χ3n) is 4.45. The highest BCUT2D eigenvalue weighted by Crippen LogP contribution is 2.19. The lowest BCUT2D eigenvalue weighted by atomic mass is 10.0. The van der Waals surface area contributed by atoms with Gasteiger partial charge in [-0.05, 0) is 42.2 Å². The normalized spacial score (nSPS) is 16.4. The van der Waals surface area contributed by atoms with Crippen LogP contribution in [0, 0.1) is 11.3 Å². The molecule has 1 aromatic carbocycles. The molecule has 0 saturated carbocycles. The molecule has 0 radical (unpaired) electrons. The number of carbonyl (C=O) groups excluding carboxylic acids is 1. The van der Waals surface area contributed by atoms with E-state index in [0.717, 1.165) is 24.5 Å². The van der Waals surface area contributed by atoms with Crippen molar-refractivity contribution in [3.8, 4) is 6.07 Å². The van der Waals surface area contributed by atoms with Gasteiger partial charge in [-0.3, -0.25) is 0 Å². The van der Waals surface area contributed by atoms with E-state index in [1.807, 2.05) is 30.3 Å². The van der Waals surface area contributed by atoms with E-state index in [0.29, 0.717) is 18.2 Å². The molecule has 134 valence electrons. The van der Waals surface area contributed by atoms with Crippen molar-refractivity contribution >= 4 is 17.5 Å². The second-order valence-electron chi connectivity index (χ2n) is 6.70. The molecule has 2 amide bonds. The molecule has 1 aliphatic rings. The Morgan fingerprint density at radius 1 is 1.23 bits per heavy atom. The molecule has 1 saturated heterocycles. The smallest absolute Gasteiger partial charge is 0.319 e. The Kier molecular flexibility index (Phi) is 5.32. The predicted molar refractivity (Wildman–Crippen MR) is 100 cm³/mol. The van der Waals surface area contributed by atoms with Crippen LogP contribution in [0.1, 0.15) is 37.4 Å². The third kappa shape index (κ3) is 4.28. The Bertz CT molecular complexity index is 794. The van der Waals surface area contributed by atoms with Crippen LogP contribution >= 0.6 is 0 Å². The Morgan fingerprint density at radius 3 is 2.62 bits per heavy atom. The minimum Gasteiger partial charge on any atom is -0.353 e. The lowest BCUT2D eigenvalue weighted by Crippen LogP contribution is -2.39. The van der Waals surface area contributed by atoms with Gasteiger partial charge in [0.25, 0.3) is 0 Å². The average Bonchev–Trinajstić information content (AvgIpc) is 3.10. The fourth-order valence-electron chi connectivity index (χ4n) is 2.94. The first-order valence-corrected chi connectivity index (χ1v) is 8.71. The van der Waals surface area contributed by atoms with Gasteiger partial charge in [-0.15, -0.1) is 10.2 Å². The summed E-state index contributed by atoms with van der Waals surface area (Å²) < 4.78 is 0. The molecule has 1 unspecified atom stereocenters. The van der Waals surface area contributed by atoms with Crippen molar-refractivity contribution in [3.05, 3.63) is 47.7 Å². The van der Waals surface area contributed by atoms with Crippen molar-refractivity contribution in [1.29, 1.82) is 5.26 Å². The van der Waals surface area contributed by atoms with Gasteiger partial charge in [-0.2, -0.15) is 5.26 Å². The number of nitrogens with one attached hydrogen (secondary N) is 2. The van der Waals surface area contributed by atoms with Gasteiger partial charge in [0.05, 0.1) is 0 Å². The van der Waals surface area contributed by atoms with Crippen molar-refractivity contribution in [2.45, 2.75) is 32.2 Å². The fourth-order valence-corrected chi connectivity index (χ4v) is 2.94. The fraction of sp³-hybridized carbons (Fsp3) is 0.368. The van der Waals surface area contributed by atoms with Gasteiger partial charge in [0, 0.05) is 24.8 Å². The van der Waals surface area contributed by atoms with Gasteiger partial charge in [0.15, 0.2) is 11.5 Å². The van der Waals surface area contributed by atoms with E-state index in [1.54, 1.807) is 12.1 Å². The van der Waals surface area contributed by atoms with Crippen LogP contribution in [0.2, 0.25) is 0 Å². The first-order valence-electron chi connectivity index (χ1n) is 8.71. The maximum absolute atomic E-state index is 12.2. The number of urea groups is 1. The maximum Gasteiger partial charge on any atom is 0.319 e. The van der Waals surface area contributed by atoms with Crippen LogP contribution in [0.3, 0.4) is 0 Å². The largest absolute Gasteiger partial charge is 0.353 e. The second kappa shape index (κ2) is 7.83. The van der Waals surface area contributed by atoms with Crippen LogP contribution in [0.5, 0.6) is 0 Å². The summed E-state index contributed by atoms with van der Waals surface area (Å²) in [4.78, 5) is 14.3. The molecule has 0 bridgehead atoms. The van der Waals surface area contributed by atoms with Crippen LogP contribution in [-0.2, 0) is 0 Å². The van der Waals surface area contributed by atoms with Crippen molar-refractivity contribution in [1.82, 2.24) is 15.5 Å². The molecule has 7 nitrogen and oxygen atoms in total. The van der Waals surface area contributed by atoms with Crippen LogP contribution in [0.15, 0.2) is 36.4 Å². The highest BCUT2D eigenvalue weighted by atomic mass is 16.2. The van der Waals surface area contributed by atoms with Crippen molar-refractivity contribution in [2.24, 2.45) is 0 Å². The zero-order valence-electron chi connectivity index (χ0n) is 14.9. The predicted octanol–water partition coefficient (Wildman–Crippen LogP) is 2.87. The van der Waals surface area contributed by atoms with Gasteiger partial charge in [0.1, 0.15) is 6.07 Å². The standard InChI is InChI=1S/C19H22N6O/c1-13(2)14-3-5-15(6-4-14)21-19(26)22-17-9-10-25(12-17)18-8-7-16(11-20)23-24-18/h3-8,13,17H,9-10,12H2,1-2H3,(H2,21,22,26). The van der Waals surface area contributed by atoms with Crippen LogP contribution in [0.25, 0.3) is 0 Å². The van der Waals surface area contributed by atoms with E-state index >= 15 is 0 Å². The molecule has 0 aliphatic carbocycles. The van der Waals surface area contributed by atoms with Gasteiger partial charge in [-0.25, -0.2) is 4.79 Å². The number of aromatic nitrogens is 2. The molecular formula is C19H22N6O. The Morgan fingerprint density at radius 2 is 2.00 bits per heavy atom. The summed E-state index contributed by atoms with van der Waals surface area (Å²) in [6.45, 7) is 5.73. The molecule has 1 atom stereocenters. The molecule has 1 aliphatic heterocycles. The maximum atomic E-state index is 12.2. The van der Waals surface area contributed by atoms with Crippen LogP contribution in [-0.4, -0.2) is 35.4 Å². The zero-order valence-corrected chi connectivity index (χ0v) is 14.9. The van der Waals surface area contributed by atoms with E-state index in [2.05, 4.69) is 39.6 Å². The molecule has 2 N–H and O–H groups in total. The minimum atomic E-state index is -0.208. The molecular weight excluding hydrogens is 328 g/mol. The van der Waals surface area contributed by atoms with Crippen molar-refractivity contribution < 1.29 is 4.79 Å². The van der Waals surface area contributed by atoms with E-state index in [-0.39, 0.29) is 12.1 Å². The number of amides is 2. The third-order valence-corrected chi connectivity index (χ3v) is 4.45. The highest BCUT2D eigenvalue weighted by Gasteiger charge is 2.25. The van der Waals surface area contributed by atoms with E-state index in [9.17, 15) is 4.79 Å². The quantitative estimate of drug-likeness (QED) is 0.884. The van der Waals surface area contributed by atoms with Crippen molar-refractivity contribution in [3.63, 3.8) is 0 Å².